The van der Waals surface area contributed by atoms with Crippen molar-refractivity contribution in [1.82, 2.24) is 30.2 Å². The predicted molar refractivity (Wildman–Crippen MR) is 285 cm³/mol. The molecular weight excluding hydrogens is 1060 g/mol. The van der Waals surface area contributed by atoms with Gasteiger partial charge in [-0.25, -0.2) is 45.9 Å². The zero-order chi connectivity index (χ0) is 57.4. The second kappa shape index (κ2) is 28.6. The largest absolute Gasteiger partial charge is 0.495 e. The number of anilines is 2. The van der Waals surface area contributed by atoms with Crippen LogP contribution in [0.15, 0.2) is 97.6 Å². The third kappa shape index (κ3) is 18.5. The van der Waals surface area contributed by atoms with E-state index in [4.69, 9.17) is 14.2 Å². The van der Waals surface area contributed by atoms with Crippen LogP contribution in [0.25, 0.3) is 22.5 Å². The molecule has 2 aromatic carbocycles. The molecule has 0 spiro atoms. The van der Waals surface area contributed by atoms with E-state index in [1.54, 1.807) is 44.0 Å². The number of piperidine rings is 2. The molecule has 4 aromatic heterocycles. The maximum absolute atomic E-state index is 14.4. The summed E-state index contributed by atoms with van der Waals surface area (Å²) in [5, 5.41) is 8.54. The van der Waals surface area contributed by atoms with Gasteiger partial charge in [0.2, 0.25) is 0 Å². The summed E-state index contributed by atoms with van der Waals surface area (Å²) >= 11 is 0. The molecule has 16 nitrogen and oxygen atoms in total. The van der Waals surface area contributed by atoms with E-state index in [2.05, 4.69) is 40.6 Å². The Morgan fingerprint density at radius 3 is 1.35 bits per heavy atom. The highest BCUT2D eigenvalue weighted by molar-refractivity contribution is 6.04. The topological polar surface area (TPSA) is 196 Å². The lowest BCUT2D eigenvalue weighted by atomic mass is 9.98. The first-order chi connectivity index (χ1) is 37.5. The minimum Gasteiger partial charge on any atom is -0.491 e. The highest BCUT2D eigenvalue weighted by atomic mass is 19.2. The fourth-order valence-corrected chi connectivity index (χ4v) is 7.82. The summed E-state index contributed by atoms with van der Waals surface area (Å²) in [6.45, 7) is 14.1. The highest BCUT2D eigenvalue weighted by Crippen LogP contribution is 2.31. The van der Waals surface area contributed by atoms with Gasteiger partial charge in [-0.15, -0.1) is 4.39 Å². The molecule has 0 unspecified atom stereocenters. The van der Waals surface area contributed by atoms with Crippen LogP contribution in [-0.2, 0) is 9.47 Å². The Labute approximate surface area is 458 Å². The number of halogens is 7. The van der Waals surface area contributed by atoms with Crippen molar-refractivity contribution in [2.45, 2.75) is 85.9 Å². The van der Waals surface area contributed by atoms with Crippen LogP contribution in [0.1, 0.15) is 95.6 Å². The number of carbonyl (C=O) groups is 4. The molecular formula is C57H63F7N8O8. The molecule has 6 heterocycles. The van der Waals surface area contributed by atoms with E-state index in [0.717, 1.165) is 99.4 Å². The van der Waals surface area contributed by atoms with Crippen molar-refractivity contribution in [3.8, 4) is 34.0 Å². The maximum atomic E-state index is 14.4. The van der Waals surface area contributed by atoms with E-state index in [9.17, 15) is 49.9 Å². The number of hydrogen-bond acceptors (Lipinski definition) is 13. The Kier molecular flexibility index (Phi) is 22.4. The van der Waals surface area contributed by atoms with Gasteiger partial charge in [0.25, 0.3) is 11.8 Å². The van der Waals surface area contributed by atoms with E-state index >= 15 is 0 Å². The first-order valence-corrected chi connectivity index (χ1v) is 25.0. The minimum atomic E-state index is -1.72. The summed E-state index contributed by atoms with van der Waals surface area (Å²) in [6, 6.07) is 13.6. The molecule has 6 aromatic rings. The van der Waals surface area contributed by atoms with E-state index in [-0.39, 0.29) is 36.5 Å². The number of hydrogen-bond donors (Lipinski definition) is 3. The minimum absolute atomic E-state index is 0. The third-order valence-corrected chi connectivity index (χ3v) is 11.7. The molecule has 0 bridgehead atoms. The van der Waals surface area contributed by atoms with Crippen molar-refractivity contribution in [2.75, 3.05) is 50.0 Å². The van der Waals surface area contributed by atoms with Crippen molar-refractivity contribution in [1.29, 1.82) is 0 Å². The number of amides is 3. The summed E-state index contributed by atoms with van der Waals surface area (Å²) < 4.78 is 118. The van der Waals surface area contributed by atoms with Crippen molar-refractivity contribution >= 4 is 35.5 Å². The number of pyridine rings is 4. The number of nitrogens with zero attached hydrogens (tertiary/aromatic N) is 5. The smallest absolute Gasteiger partial charge is 0.491 e. The van der Waals surface area contributed by atoms with E-state index in [1.807, 2.05) is 20.8 Å². The molecule has 0 atom stereocenters. The van der Waals surface area contributed by atoms with Crippen molar-refractivity contribution in [2.24, 2.45) is 11.8 Å². The molecule has 8 rings (SSSR count). The molecule has 428 valence electrons. The molecule has 0 radical (unpaired) electrons. The zero-order valence-corrected chi connectivity index (χ0v) is 44.1. The summed E-state index contributed by atoms with van der Waals surface area (Å²) in [6.07, 6.45) is 7.25. The molecule has 0 saturated carbocycles. The van der Waals surface area contributed by atoms with Gasteiger partial charge in [0.15, 0.2) is 0 Å². The van der Waals surface area contributed by atoms with Gasteiger partial charge in [0, 0.05) is 37.6 Å². The lowest BCUT2D eigenvalue weighted by molar-refractivity contribution is 0.0164. The van der Waals surface area contributed by atoms with Crippen LogP contribution in [-0.4, -0.2) is 99.6 Å². The Bertz CT molecular complexity index is 3050. The van der Waals surface area contributed by atoms with Gasteiger partial charge >= 0.3 is 12.3 Å². The first-order valence-electron chi connectivity index (χ1n) is 25.0. The van der Waals surface area contributed by atoms with Crippen LogP contribution < -0.4 is 25.4 Å². The lowest BCUT2D eigenvalue weighted by Gasteiger charge is -2.33. The number of ether oxygens (including phenoxy) is 4. The average molecular weight is 1120 g/mol. The number of rotatable bonds is 12. The summed E-state index contributed by atoms with van der Waals surface area (Å²) in [4.78, 5) is 65.0. The average Bonchev–Trinajstić information content (AvgIpc) is 3.39. The number of carbonyl (C=O) groups excluding carboxylic acids is 4. The normalized spacial score (nSPS) is 13.7. The van der Waals surface area contributed by atoms with Crippen LogP contribution in [0.2, 0.25) is 0 Å². The maximum Gasteiger partial charge on any atom is 0.495 e. The monoisotopic (exact) mass is 1120 g/mol. The number of aromatic nitrogens is 4. The molecule has 80 heavy (non-hydrogen) atoms. The van der Waals surface area contributed by atoms with Crippen molar-refractivity contribution in [3.05, 3.63) is 144 Å². The molecule has 2 aliphatic heterocycles. The van der Waals surface area contributed by atoms with Gasteiger partial charge in [-0.05, 0) is 141 Å². The molecule has 23 heteroatoms. The SMILES string of the molecule is C.CC(C)(C)OC(=O)F.CC(C)(C)OC(=O)N1CCC(COc2ccncc2NC(=O)c2ccc(F)c(-c3c(F)cccc3F)n2)CC1.O=C(Nc1cnccc1OCC1CCNCC1)c1ccc(F)c(-c2c(F)cccc2F)n1. The third-order valence-electron chi connectivity index (χ3n) is 11.7. The summed E-state index contributed by atoms with van der Waals surface area (Å²) in [5.41, 5.74) is -3.64. The molecule has 3 N–H and O–H groups in total. The van der Waals surface area contributed by atoms with Gasteiger partial charge < -0.3 is 39.8 Å². The van der Waals surface area contributed by atoms with Gasteiger partial charge in [0.05, 0.1) is 36.7 Å². The van der Waals surface area contributed by atoms with Crippen molar-refractivity contribution in [3.63, 3.8) is 0 Å². The van der Waals surface area contributed by atoms with Gasteiger partial charge in [0.1, 0.15) is 91.8 Å². The summed E-state index contributed by atoms with van der Waals surface area (Å²) in [5.74, 6) is -5.93. The van der Waals surface area contributed by atoms with Crippen LogP contribution in [0.4, 0.5) is 51.7 Å². The van der Waals surface area contributed by atoms with Crippen molar-refractivity contribution < 1.29 is 68.9 Å². The Morgan fingerprint density at radius 1 is 0.575 bits per heavy atom. The molecule has 2 fully saturated rings. The van der Waals surface area contributed by atoms with Crippen LogP contribution in [0, 0.1) is 46.7 Å². The number of likely N-dealkylation sites (tertiary alicyclic amines) is 1. The molecule has 2 aliphatic rings. The van der Waals surface area contributed by atoms with Gasteiger partial charge in [-0.2, -0.15) is 0 Å². The fourth-order valence-electron chi connectivity index (χ4n) is 7.82. The van der Waals surface area contributed by atoms with Crippen LogP contribution >= 0.6 is 0 Å². The predicted octanol–water partition coefficient (Wildman–Crippen LogP) is 12.6. The van der Waals surface area contributed by atoms with Crippen LogP contribution in [0.3, 0.4) is 0 Å². The number of benzene rings is 2. The van der Waals surface area contributed by atoms with E-state index in [1.165, 1.54) is 18.6 Å². The zero-order valence-electron chi connectivity index (χ0n) is 44.1. The van der Waals surface area contributed by atoms with E-state index < -0.39 is 86.7 Å². The molecule has 3 amide bonds. The fraction of sp³-hybridized carbons (Fsp3) is 0.368. The quantitative estimate of drug-likeness (QED) is 0.0774. The Morgan fingerprint density at radius 2 is 0.975 bits per heavy atom. The van der Waals surface area contributed by atoms with Gasteiger partial charge in [-0.3, -0.25) is 19.6 Å². The second-order valence-electron chi connectivity index (χ2n) is 20.1. The standard InChI is InChI=1S/C28H29F3N4O4.C23H21F3N4O2.C5H9FO2.CH4/c1-28(2,3)39-27(37)35-13-10-17(11-14-35)16-38-23-9-12-32-15-22(23)34-26(36)21-8-7-20(31)25(33-21)24-18(29)5-4-6-19(24)30;24-15-2-1-3-16(25)21(15)22-17(26)4-5-18(29-22)23(31)30-19-12-28-11-8-20(19)32-13-14-6-9-27-10-7-14;1-5(2,3)8-4(6)7;/h4-9,12,15,17H,10-11,13-14,16H2,1-3H3,(H,34,36);1-5,8,11-12,14,27H,6-7,9-10,13H2,(H,30,31);1-3H3;1H4. The van der Waals surface area contributed by atoms with Gasteiger partial charge in [-0.1, -0.05) is 19.6 Å². The first kappa shape index (κ1) is 62.6. The lowest BCUT2D eigenvalue weighted by Crippen LogP contribution is -2.42. The molecule has 0 aliphatic carbocycles. The summed E-state index contributed by atoms with van der Waals surface area (Å²) in [7, 11) is 0. The van der Waals surface area contributed by atoms with E-state index in [0.29, 0.717) is 49.4 Å². The Hall–Kier alpha value is -8.21. The highest BCUT2D eigenvalue weighted by Gasteiger charge is 2.28. The Balaban J connectivity index is 0.000000259. The second-order valence-corrected chi connectivity index (χ2v) is 20.1. The number of nitrogens with one attached hydrogen (secondary N) is 3. The molecule has 2 saturated heterocycles. The van der Waals surface area contributed by atoms with Crippen LogP contribution in [0.5, 0.6) is 11.5 Å².